The van der Waals surface area contributed by atoms with E-state index in [2.05, 4.69) is 22.8 Å². The Balaban J connectivity index is 1.63. The topological polar surface area (TPSA) is 80.9 Å². The van der Waals surface area contributed by atoms with Crippen LogP contribution in [0.25, 0.3) is 0 Å². The molecule has 1 fully saturated rings. The minimum absolute atomic E-state index is 0.0581. The number of piperidine rings is 1. The molecule has 0 amide bonds. The van der Waals surface area contributed by atoms with Crippen molar-refractivity contribution < 1.29 is 14.6 Å². The number of ether oxygens (including phenoxy) is 1. The van der Waals surface area contributed by atoms with Gasteiger partial charge >= 0.3 is 0 Å². The number of nitrogens with zero attached hydrogens (tertiary/aromatic N) is 1. The predicted octanol–water partition coefficient (Wildman–Crippen LogP) is 2.70. The minimum Gasteiger partial charge on any atom is -0.497 e. The first-order valence-corrected chi connectivity index (χ1v) is 10.3. The number of anilines is 1. The number of likely N-dealkylation sites (tertiary alicyclic amines) is 1. The molecule has 0 aliphatic carbocycles. The fourth-order valence-electron chi connectivity index (χ4n) is 3.72. The van der Waals surface area contributed by atoms with Crippen molar-refractivity contribution in [3.8, 4) is 5.75 Å². The van der Waals surface area contributed by atoms with Crippen molar-refractivity contribution in [2.75, 3.05) is 32.1 Å². The molecule has 0 aromatic heterocycles. The third kappa shape index (κ3) is 5.88. The van der Waals surface area contributed by atoms with E-state index in [1.54, 1.807) is 24.1 Å². The molecule has 7 nitrogen and oxygen atoms in total. The molecule has 0 saturated carbocycles. The summed E-state index contributed by atoms with van der Waals surface area (Å²) in [6, 6.07) is 14.8. The summed E-state index contributed by atoms with van der Waals surface area (Å²) < 4.78 is 5.29. The number of nitro benzene ring substituents is 1. The Labute approximate surface area is 176 Å². The summed E-state index contributed by atoms with van der Waals surface area (Å²) in [5.74, 6) is 0.851. The van der Waals surface area contributed by atoms with Crippen molar-refractivity contribution in [1.82, 2.24) is 5.32 Å². The van der Waals surface area contributed by atoms with Crippen molar-refractivity contribution in [3.63, 3.8) is 0 Å². The number of hydrogen-bond acceptors (Lipinski definition) is 4. The number of non-ortho nitro benzene ring substituents is 1. The van der Waals surface area contributed by atoms with E-state index >= 15 is 0 Å². The summed E-state index contributed by atoms with van der Waals surface area (Å²) >= 11 is 5.44. The van der Waals surface area contributed by atoms with Gasteiger partial charge in [-0.25, -0.2) is 0 Å². The van der Waals surface area contributed by atoms with Gasteiger partial charge in [0.05, 0.1) is 31.7 Å². The second-order valence-electron chi connectivity index (χ2n) is 7.18. The Morgan fingerprint density at radius 2 is 1.79 bits per heavy atom. The zero-order valence-electron chi connectivity index (χ0n) is 16.5. The number of methoxy groups -OCH3 is 1. The number of nitrogens with one attached hydrogen (secondary N) is 3. The van der Waals surface area contributed by atoms with Crippen LogP contribution >= 0.6 is 12.2 Å². The van der Waals surface area contributed by atoms with Crippen LogP contribution in [-0.2, 0) is 0 Å². The van der Waals surface area contributed by atoms with Gasteiger partial charge in [0.25, 0.3) is 5.69 Å². The van der Waals surface area contributed by atoms with Gasteiger partial charge in [-0.1, -0.05) is 0 Å². The van der Waals surface area contributed by atoms with E-state index in [-0.39, 0.29) is 11.7 Å². The number of rotatable bonds is 7. The maximum Gasteiger partial charge on any atom is 0.269 e. The second-order valence-corrected chi connectivity index (χ2v) is 7.59. The van der Waals surface area contributed by atoms with Crippen LogP contribution < -0.4 is 20.3 Å². The molecule has 2 aromatic rings. The van der Waals surface area contributed by atoms with Crippen molar-refractivity contribution >= 4 is 28.7 Å². The van der Waals surface area contributed by atoms with Gasteiger partial charge in [-0.2, -0.15) is 0 Å². The molecule has 1 heterocycles. The number of hydrogen-bond donors (Lipinski definition) is 3. The lowest BCUT2D eigenvalue weighted by Gasteiger charge is -2.32. The average molecular weight is 416 g/mol. The van der Waals surface area contributed by atoms with Crippen LogP contribution in [-0.4, -0.2) is 36.8 Å². The average Bonchev–Trinajstić information content (AvgIpc) is 2.75. The van der Waals surface area contributed by atoms with E-state index in [1.165, 1.54) is 37.0 Å². The van der Waals surface area contributed by atoms with Crippen LogP contribution in [0.15, 0.2) is 48.5 Å². The number of thiocarbonyl (C=S) groups is 1. The highest BCUT2D eigenvalue weighted by Gasteiger charge is 2.26. The zero-order chi connectivity index (χ0) is 20.6. The van der Waals surface area contributed by atoms with Gasteiger partial charge in [0.1, 0.15) is 11.8 Å². The number of quaternary nitrogens is 1. The molecule has 1 saturated heterocycles. The van der Waals surface area contributed by atoms with Crippen molar-refractivity contribution in [3.05, 3.63) is 64.2 Å². The van der Waals surface area contributed by atoms with Crippen LogP contribution in [0, 0.1) is 10.1 Å². The molecular formula is C21H27N4O3S+. The highest BCUT2D eigenvalue weighted by molar-refractivity contribution is 7.80. The van der Waals surface area contributed by atoms with Gasteiger partial charge in [-0.15, -0.1) is 0 Å². The smallest absolute Gasteiger partial charge is 0.269 e. The lowest BCUT2D eigenvalue weighted by Crippen LogP contribution is -3.13. The lowest BCUT2D eigenvalue weighted by molar-refractivity contribution is -0.934. The Kier molecular flexibility index (Phi) is 7.37. The predicted molar refractivity (Wildman–Crippen MR) is 118 cm³/mol. The number of nitro groups is 1. The first-order valence-electron chi connectivity index (χ1n) is 9.84. The summed E-state index contributed by atoms with van der Waals surface area (Å²) in [5, 5.41) is 17.7. The molecule has 2 aromatic carbocycles. The second kappa shape index (κ2) is 10.2. The van der Waals surface area contributed by atoms with Gasteiger partial charge in [0.2, 0.25) is 0 Å². The fourth-order valence-corrected chi connectivity index (χ4v) is 3.93. The molecule has 1 aliphatic heterocycles. The molecule has 0 radical (unpaired) electrons. The Bertz CT molecular complexity index is 821. The standard InChI is InChI=1S/C21H26N4O3S/c1-28-19-11-5-16(6-12-19)20(24-13-3-2-4-14-24)15-22-21(29)23-17-7-9-18(10-8-17)25(26)27/h5-12,20H,2-4,13-15H2,1H3,(H2,22,23,29)/p+1/t20-/m0/s1. The summed E-state index contributed by atoms with van der Waals surface area (Å²) in [6.07, 6.45) is 3.79. The summed E-state index contributed by atoms with van der Waals surface area (Å²) in [4.78, 5) is 11.9. The summed E-state index contributed by atoms with van der Waals surface area (Å²) in [7, 11) is 1.67. The normalized spacial score (nSPS) is 15.3. The molecule has 29 heavy (non-hydrogen) atoms. The van der Waals surface area contributed by atoms with Crippen LogP contribution in [0.5, 0.6) is 5.75 Å². The molecule has 8 heteroatoms. The Hall–Kier alpha value is -2.71. The molecular weight excluding hydrogens is 388 g/mol. The van der Waals surface area contributed by atoms with Crippen LogP contribution in [0.1, 0.15) is 30.9 Å². The van der Waals surface area contributed by atoms with Gasteiger partial charge in [0.15, 0.2) is 5.11 Å². The first-order chi connectivity index (χ1) is 14.1. The Morgan fingerprint density at radius 3 is 2.38 bits per heavy atom. The third-order valence-corrected chi connectivity index (χ3v) is 5.56. The van der Waals surface area contributed by atoms with E-state index < -0.39 is 4.92 Å². The minimum atomic E-state index is -0.415. The first kappa shape index (κ1) is 21.0. The highest BCUT2D eigenvalue weighted by atomic mass is 32.1. The van der Waals surface area contributed by atoms with Gasteiger partial charge in [-0.05, 0) is 67.9 Å². The van der Waals surface area contributed by atoms with Gasteiger partial charge in [-0.3, -0.25) is 10.1 Å². The Morgan fingerprint density at radius 1 is 1.14 bits per heavy atom. The van der Waals surface area contributed by atoms with E-state index in [1.807, 2.05) is 12.1 Å². The third-order valence-electron chi connectivity index (χ3n) is 5.31. The molecule has 3 N–H and O–H groups in total. The van der Waals surface area contributed by atoms with Crippen LogP contribution in [0.2, 0.25) is 0 Å². The fraction of sp³-hybridized carbons (Fsp3) is 0.381. The highest BCUT2D eigenvalue weighted by Crippen LogP contribution is 2.17. The zero-order valence-corrected chi connectivity index (χ0v) is 17.3. The van der Waals surface area contributed by atoms with Crippen molar-refractivity contribution in [2.45, 2.75) is 25.3 Å². The largest absolute Gasteiger partial charge is 0.497 e. The SMILES string of the molecule is COc1ccc([C@H](CNC(=S)Nc2ccc([N+](=O)[O-])cc2)[NH+]2CCCCC2)cc1. The number of benzene rings is 2. The molecule has 0 spiro atoms. The van der Waals surface area contributed by atoms with Gasteiger partial charge < -0.3 is 20.3 Å². The van der Waals surface area contributed by atoms with Crippen LogP contribution in [0.4, 0.5) is 11.4 Å². The van der Waals surface area contributed by atoms with E-state index in [0.717, 1.165) is 24.5 Å². The maximum absolute atomic E-state index is 10.8. The molecule has 1 aliphatic rings. The summed E-state index contributed by atoms with van der Waals surface area (Å²) in [5.41, 5.74) is 2.04. The maximum atomic E-state index is 10.8. The molecule has 3 rings (SSSR count). The molecule has 154 valence electrons. The molecule has 0 unspecified atom stereocenters. The quantitative estimate of drug-likeness (QED) is 0.367. The van der Waals surface area contributed by atoms with E-state index in [0.29, 0.717) is 11.7 Å². The van der Waals surface area contributed by atoms with Crippen LogP contribution in [0.3, 0.4) is 0 Å². The van der Waals surface area contributed by atoms with E-state index in [4.69, 9.17) is 17.0 Å². The lowest BCUT2D eigenvalue weighted by atomic mass is 10.0. The van der Waals surface area contributed by atoms with Crippen molar-refractivity contribution in [2.24, 2.45) is 0 Å². The van der Waals surface area contributed by atoms with Crippen molar-refractivity contribution in [1.29, 1.82) is 0 Å². The van der Waals surface area contributed by atoms with E-state index in [9.17, 15) is 10.1 Å². The molecule has 1 atom stereocenters. The van der Waals surface area contributed by atoms with Gasteiger partial charge in [0, 0.05) is 23.4 Å². The molecule has 0 bridgehead atoms. The monoisotopic (exact) mass is 415 g/mol. The summed E-state index contributed by atoms with van der Waals surface area (Å²) in [6.45, 7) is 3.02.